The number of hydrogen-bond donors (Lipinski definition) is 0. The molecule has 156 valence electrons. The van der Waals surface area contributed by atoms with Gasteiger partial charge in [0.25, 0.3) is 0 Å². The second-order valence-corrected chi connectivity index (χ2v) is 8.00. The third-order valence-corrected chi connectivity index (χ3v) is 5.51. The van der Waals surface area contributed by atoms with E-state index in [1.807, 2.05) is 11.8 Å². The van der Waals surface area contributed by atoms with Crippen molar-refractivity contribution in [3.05, 3.63) is 35.7 Å². The van der Waals surface area contributed by atoms with Crippen molar-refractivity contribution in [2.45, 2.75) is 51.4 Å². The molecule has 2 heterocycles. The largest absolute Gasteiger partial charge is 0.471 e. The van der Waals surface area contributed by atoms with Gasteiger partial charge in [0.2, 0.25) is 11.7 Å². The van der Waals surface area contributed by atoms with Crippen LogP contribution < -0.4 is 0 Å². The maximum Gasteiger partial charge on any atom is 0.471 e. The number of carbonyl (C=O) groups excluding carboxylic acids is 1. The Labute approximate surface area is 166 Å². The number of nitrogens with zero attached hydrogens (tertiary/aromatic N) is 3. The number of alkyl halides is 3. The minimum absolute atomic E-state index is 0.0562. The Morgan fingerprint density at radius 3 is 2.55 bits per heavy atom. The van der Waals surface area contributed by atoms with Crippen LogP contribution in [0.4, 0.5) is 13.2 Å². The quantitative estimate of drug-likeness (QED) is 0.720. The maximum absolute atomic E-state index is 12.9. The minimum atomic E-state index is -4.67. The van der Waals surface area contributed by atoms with Gasteiger partial charge < -0.3 is 14.2 Å². The number of hydrogen-bond acceptors (Lipinski definition) is 5. The standard InChI is InChI=1S/C20H22F3N3O3/c1-19(8-9-19)18(27)26(12-15-3-2-10-28-15)11-13-4-6-14(7-5-13)16-24-17(29-25-16)20(21,22)23/h4-7,15H,2-3,8-12H2,1H3. The van der Waals surface area contributed by atoms with Crippen LogP contribution >= 0.6 is 0 Å². The van der Waals surface area contributed by atoms with Gasteiger partial charge in [-0.3, -0.25) is 4.79 Å². The zero-order valence-corrected chi connectivity index (χ0v) is 16.0. The van der Waals surface area contributed by atoms with Gasteiger partial charge in [0, 0.05) is 30.7 Å². The number of amides is 1. The molecular formula is C20H22F3N3O3. The Kier molecular flexibility index (Phi) is 5.10. The van der Waals surface area contributed by atoms with Gasteiger partial charge in [0.15, 0.2) is 0 Å². The van der Waals surface area contributed by atoms with Crippen molar-refractivity contribution in [3.8, 4) is 11.4 Å². The fourth-order valence-electron chi connectivity index (χ4n) is 3.47. The van der Waals surface area contributed by atoms with Crippen molar-refractivity contribution in [1.29, 1.82) is 0 Å². The Morgan fingerprint density at radius 1 is 1.28 bits per heavy atom. The topological polar surface area (TPSA) is 68.5 Å². The lowest BCUT2D eigenvalue weighted by Crippen LogP contribution is -2.40. The highest BCUT2D eigenvalue weighted by atomic mass is 19.4. The summed E-state index contributed by atoms with van der Waals surface area (Å²) in [5.41, 5.74) is 1.01. The normalized spacial score (nSPS) is 20.6. The van der Waals surface area contributed by atoms with E-state index in [9.17, 15) is 18.0 Å². The van der Waals surface area contributed by atoms with Gasteiger partial charge in [-0.15, -0.1) is 0 Å². The molecule has 1 aromatic heterocycles. The SMILES string of the molecule is CC1(C(=O)N(Cc2ccc(-c3noc(C(F)(F)F)n3)cc2)CC2CCCO2)CC1. The summed E-state index contributed by atoms with van der Waals surface area (Å²) in [6.07, 6.45) is -0.881. The molecule has 2 aromatic rings. The van der Waals surface area contributed by atoms with E-state index in [1.165, 1.54) is 0 Å². The summed E-state index contributed by atoms with van der Waals surface area (Å²) < 4.78 is 47.8. The molecule has 0 radical (unpaired) electrons. The highest BCUT2D eigenvalue weighted by Gasteiger charge is 2.47. The number of aromatic nitrogens is 2. The number of halogens is 3. The summed E-state index contributed by atoms with van der Waals surface area (Å²) in [5.74, 6) is -1.37. The Morgan fingerprint density at radius 2 is 2.00 bits per heavy atom. The summed E-state index contributed by atoms with van der Waals surface area (Å²) in [5, 5.41) is 3.39. The molecule has 1 saturated heterocycles. The Hall–Kier alpha value is -2.42. The van der Waals surface area contributed by atoms with Crippen LogP contribution in [-0.2, 0) is 22.3 Å². The third-order valence-electron chi connectivity index (χ3n) is 5.51. The number of rotatable bonds is 6. The molecule has 0 N–H and O–H groups in total. The molecule has 1 amide bonds. The van der Waals surface area contributed by atoms with Crippen LogP contribution in [0.1, 0.15) is 44.1 Å². The molecule has 2 aliphatic rings. The second kappa shape index (κ2) is 7.44. The Bertz CT molecular complexity index is 869. The molecule has 29 heavy (non-hydrogen) atoms. The number of ether oxygens (including phenoxy) is 1. The summed E-state index contributed by atoms with van der Waals surface area (Å²) in [4.78, 5) is 18.2. The van der Waals surface area contributed by atoms with Crippen LogP contribution in [0, 0.1) is 5.41 Å². The van der Waals surface area contributed by atoms with Crippen LogP contribution in [0.2, 0.25) is 0 Å². The van der Waals surface area contributed by atoms with E-state index in [0.717, 1.165) is 37.9 Å². The molecule has 4 rings (SSSR count). The molecule has 0 bridgehead atoms. The van der Waals surface area contributed by atoms with Crippen molar-refractivity contribution in [2.75, 3.05) is 13.2 Å². The maximum atomic E-state index is 12.9. The van der Waals surface area contributed by atoms with E-state index >= 15 is 0 Å². The smallest absolute Gasteiger partial charge is 0.376 e. The van der Waals surface area contributed by atoms with Crippen LogP contribution in [0.25, 0.3) is 11.4 Å². The van der Waals surface area contributed by atoms with Crippen LogP contribution in [0.15, 0.2) is 28.8 Å². The fourth-order valence-corrected chi connectivity index (χ4v) is 3.47. The predicted octanol–water partition coefficient (Wildman–Crippen LogP) is 4.06. The molecule has 1 aliphatic heterocycles. The predicted molar refractivity (Wildman–Crippen MR) is 96.5 cm³/mol. The summed E-state index contributed by atoms with van der Waals surface area (Å²) in [6.45, 7) is 3.68. The van der Waals surface area contributed by atoms with Gasteiger partial charge >= 0.3 is 12.1 Å². The monoisotopic (exact) mass is 409 g/mol. The number of benzene rings is 1. The summed E-state index contributed by atoms with van der Waals surface area (Å²) >= 11 is 0. The zero-order chi connectivity index (χ0) is 20.6. The van der Waals surface area contributed by atoms with Gasteiger partial charge in [0.1, 0.15) is 0 Å². The average Bonchev–Trinajstić information content (AvgIpc) is 3.09. The highest BCUT2D eigenvalue weighted by Crippen LogP contribution is 2.46. The molecule has 6 nitrogen and oxygen atoms in total. The first kappa shape index (κ1) is 19.9. The number of carbonyl (C=O) groups is 1. The average molecular weight is 409 g/mol. The van der Waals surface area contributed by atoms with Crippen LogP contribution in [0.3, 0.4) is 0 Å². The first-order valence-corrected chi connectivity index (χ1v) is 9.66. The van der Waals surface area contributed by atoms with Crippen LogP contribution in [0.5, 0.6) is 0 Å². The minimum Gasteiger partial charge on any atom is -0.376 e. The van der Waals surface area contributed by atoms with E-state index in [-0.39, 0.29) is 23.3 Å². The van der Waals surface area contributed by atoms with Gasteiger partial charge in [-0.1, -0.05) is 36.3 Å². The van der Waals surface area contributed by atoms with Crippen molar-refractivity contribution in [2.24, 2.45) is 5.41 Å². The molecule has 1 atom stereocenters. The lowest BCUT2D eigenvalue weighted by molar-refractivity contribution is -0.159. The summed E-state index contributed by atoms with van der Waals surface area (Å²) in [6, 6.07) is 6.80. The summed E-state index contributed by atoms with van der Waals surface area (Å²) in [7, 11) is 0. The lowest BCUT2D eigenvalue weighted by Gasteiger charge is -2.28. The molecular weight excluding hydrogens is 387 g/mol. The van der Waals surface area contributed by atoms with Gasteiger partial charge in [-0.25, -0.2) is 0 Å². The van der Waals surface area contributed by atoms with E-state index in [4.69, 9.17) is 4.74 Å². The molecule has 1 saturated carbocycles. The molecule has 1 unspecified atom stereocenters. The van der Waals surface area contributed by atoms with Gasteiger partial charge in [0.05, 0.1) is 6.10 Å². The molecule has 1 aromatic carbocycles. The Balaban J connectivity index is 1.47. The van der Waals surface area contributed by atoms with E-state index < -0.39 is 12.1 Å². The first-order chi connectivity index (χ1) is 13.7. The molecule has 1 aliphatic carbocycles. The van der Waals surface area contributed by atoms with E-state index in [2.05, 4.69) is 14.7 Å². The van der Waals surface area contributed by atoms with Crippen molar-refractivity contribution >= 4 is 5.91 Å². The van der Waals surface area contributed by atoms with Crippen molar-refractivity contribution < 1.29 is 27.2 Å². The molecule has 0 spiro atoms. The molecule has 2 fully saturated rings. The third kappa shape index (κ3) is 4.44. The van der Waals surface area contributed by atoms with E-state index in [0.29, 0.717) is 18.7 Å². The fraction of sp³-hybridized carbons (Fsp3) is 0.550. The van der Waals surface area contributed by atoms with Gasteiger partial charge in [-0.2, -0.15) is 18.2 Å². The lowest BCUT2D eigenvalue weighted by atomic mass is 10.1. The van der Waals surface area contributed by atoms with Crippen molar-refractivity contribution in [3.63, 3.8) is 0 Å². The van der Waals surface area contributed by atoms with E-state index in [1.54, 1.807) is 24.3 Å². The van der Waals surface area contributed by atoms with Crippen molar-refractivity contribution in [1.82, 2.24) is 15.0 Å². The second-order valence-electron chi connectivity index (χ2n) is 8.00. The van der Waals surface area contributed by atoms with Gasteiger partial charge in [-0.05, 0) is 31.2 Å². The molecule has 9 heteroatoms. The highest BCUT2D eigenvalue weighted by molar-refractivity contribution is 5.85. The zero-order valence-electron chi connectivity index (χ0n) is 16.0. The van der Waals surface area contributed by atoms with Crippen LogP contribution in [-0.4, -0.2) is 40.2 Å². The first-order valence-electron chi connectivity index (χ1n) is 9.66.